The Balaban J connectivity index is 0.000000967. The second kappa shape index (κ2) is 10.2. The molecule has 2 N–H and O–H groups in total. The normalized spacial score (nSPS) is 14.8. The third-order valence-electron chi connectivity index (χ3n) is 5.89. The van der Waals surface area contributed by atoms with Crippen molar-refractivity contribution < 1.29 is 28.2 Å². The third kappa shape index (κ3) is 4.42. The summed E-state index contributed by atoms with van der Waals surface area (Å²) < 4.78 is 39.3. The van der Waals surface area contributed by atoms with Crippen molar-refractivity contribution in [3.63, 3.8) is 0 Å². The fourth-order valence-electron chi connectivity index (χ4n) is 4.35. The molecule has 0 radical (unpaired) electrons. The third-order valence-corrected chi connectivity index (χ3v) is 5.89. The van der Waals surface area contributed by atoms with E-state index in [1.165, 1.54) is 25.3 Å². The number of carboxylic acid groups (broad SMARTS) is 1. The zero-order chi connectivity index (χ0) is 26.0. The van der Waals surface area contributed by atoms with Gasteiger partial charge in [0.1, 0.15) is 11.2 Å². The van der Waals surface area contributed by atoms with Crippen LogP contribution in [0.2, 0.25) is 0 Å². The predicted octanol–water partition coefficient (Wildman–Crippen LogP) is 5.49. The van der Waals surface area contributed by atoms with Crippen molar-refractivity contribution in [2.45, 2.75) is 13.0 Å². The topological polar surface area (TPSA) is 90.9 Å². The second-order valence-corrected chi connectivity index (χ2v) is 8.30. The molecule has 5 rings (SSSR count). The summed E-state index contributed by atoms with van der Waals surface area (Å²) in [5.41, 5.74) is 2.63. The van der Waals surface area contributed by atoms with E-state index in [1.54, 1.807) is 44.7 Å². The molecule has 0 aliphatic carbocycles. The van der Waals surface area contributed by atoms with Crippen molar-refractivity contribution in [3.8, 4) is 5.75 Å². The van der Waals surface area contributed by atoms with Crippen LogP contribution in [0.15, 0.2) is 54.7 Å². The number of rotatable bonds is 4. The monoisotopic (exact) mass is 496 g/mol. The standard InChI is InChI=1S/C24H20F2N4O3.C2H6O/c1-13-12-29(16-5-3-14(4-6-16)24(31)32)23-19(9-15-11-27-28-22(15)21(23)26)30(13)17-7-8-18(25)20(10-17)33-2;1-3-2/h3-11,13H,12H2,1-2H3,(H,27,28)(H,31,32);1-2H3. The van der Waals surface area contributed by atoms with Crippen molar-refractivity contribution in [3.05, 3.63) is 71.9 Å². The number of aromatic carboxylic acids is 1. The molecule has 2 heterocycles. The number of halogens is 2. The Morgan fingerprint density at radius 1 is 1.08 bits per heavy atom. The molecule has 3 aromatic carbocycles. The minimum atomic E-state index is -1.03. The number of aromatic nitrogens is 2. The van der Waals surface area contributed by atoms with Gasteiger partial charge in [-0.3, -0.25) is 5.10 Å². The minimum absolute atomic E-state index is 0.0952. The van der Waals surface area contributed by atoms with Crippen molar-refractivity contribution >= 4 is 39.6 Å². The number of carboxylic acids is 1. The van der Waals surface area contributed by atoms with E-state index in [0.717, 1.165) is 0 Å². The summed E-state index contributed by atoms with van der Waals surface area (Å²) in [5.74, 6) is -1.90. The van der Waals surface area contributed by atoms with Gasteiger partial charge in [0, 0.05) is 49.6 Å². The van der Waals surface area contributed by atoms with Crippen LogP contribution in [0.3, 0.4) is 0 Å². The molecule has 0 fully saturated rings. The Morgan fingerprint density at radius 3 is 2.39 bits per heavy atom. The van der Waals surface area contributed by atoms with E-state index in [-0.39, 0.29) is 22.9 Å². The Bertz CT molecular complexity index is 1390. The molecule has 10 heteroatoms. The molecule has 0 saturated heterocycles. The summed E-state index contributed by atoms with van der Waals surface area (Å²) >= 11 is 0. The van der Waals surface area contributed by atoms with Crippen LogP contribution in [0.1, 0.15) is 17.3 Å². The number of H-pyrrole nitrogens is 1. The van der Waals surface area contributed by atoms with Gasteiger partial charge in [-0.2, -0.15) is 5.10 Å². The predicted molar refractivity (Wildman–Crippen MR) is 134 cm³/mol. The molecule has 36 heavy (non-hydrogen) atoms. The van der Waals surface area contributed by atoms with E-state index in [9.17, 15) is 14.3 Å². The number of hydrogen-bond acceptors (Lipinski definition) is 6. The molecular formula is C26H26F2N4O4. The van der Waals surface area contributed by atoms with Crippen molar-refractivity contribution in [2.75, 3.05) is 37.7 Å². The minimum Gasteiger partial charge on any atom is -0.494 e. The lowest BCUT2D eigenvalue weighted by atomic mass is 10.0. The summed E-state index contributed by atoms with van der Waals surface area (Å²) in [4.78, 5) is 15.0. The maximum absolute atomic E-state index is 15.8. The van der Waals surface area contributed by atoms with Gasteiger partial charge >= 0.3 is 5.97 Å². The number of fused-ring (bicyclic) bond motifs is 2. The first-order valence-electron chi connectivity index (χ1n) is 11.1. The molecule has 1 aliphatic rings. The fourth-order valence-corrected chi connectivity index (χ4v) is 4.35. The quantitative estimate of drug-likeness (QED) is 0.386. The van der Waals surface area contributed by atoms with Crippen LogP contribution in [0, 0.1) is 11.6 Å². The summed E-state index contributed by atoms with van der Waals surface area (Å²) in [7, 11) is 4.65. The first kappa shape index (κ1) is 24.9. The highest BCUT2D eigenvalue weighted by Crippen LogP contribution is 2.47. The molecule has 0 spiro atoms. The summed E-state index contributed by atoms with van der Waals surface area (Å²) in [6.07, 6.45) is 1.55. The Labute approximate surface area is 206 Å². The molecule has 1 atom stereocenters. The summed E-state index contributed by atoms with van der Waals surface area (Å²) in [6, 6.07) is 12.5. The first-order chi connectivity index (χ1) is 17.3. The number of hydrogen-bond donors (Lipinski definition) is 2. The van der Waals surface area contributed by atoms with Gasteiger partial charge in [-0.15, -0.1) is 0 Å². The largest absolute Gasteiger partial charge is 0.494 e. The van der Waals surface area contributed by atoms with Crippen LogP contribution in [0.4, 0.5) is 31.5 Å². The summed E-state index contributed by atoms with van der Waals surface area (Å²) in [6.45, 7) is 2.38. The number of nitrogens with zero attached hydrogens (tertiary/aromatic N) is 3. The lowest BCUT2D eigenvalue weighted by Gasteiger charge is -2.43. The molecule has 4 aromatic rings. The van der Waals surface area contributed by atoms with E-state index in [0.29, 0.717) is 34.7 Å². The van der Waals surface area contributed by atoms with Crippen LogP contribution in [0.25, 0.3) is 10.9 Å². The molecule has 0 bridgehead atoms. The average Bonchev–Trinajstić information content (AvgIpc) is 3.34. The smallest absolute Gasteiger partial charge is 0.335 e. The number of benzene rings is 3. The van der Waals surface area contributed by atoms with Crippen LogP contribution in [-0.4, -0.2) is 55.2 Å². The fraction of sp³-hybridized carbons (Fsp3) is 0.231. The highest BCUT2D eigenvalue weighted by molar-refractivity contribution is 5.96. The molecule has 1 aliphatic heterocycles. The van der Waals surface area contributed by atoms with E-state index >= 15 is 4.39 Å². The number of aromatic amines is 1. The van der Waals surface area contributed by atoms with E-state index < -0.39 is 17.6 Å². The molecule has 0 amide bonds. The van der Waals surface area contributed by atoms with Gasteiger partial charge in [0.25, 0.3) is 0 Å². The van der Waals surface area contributed by atoms with Gasteiger partial charge in [0.2, 0.25) is 0 Å². The zero-order valence-electron chi connectivity index (χ0n) is 20.3. The van der Waals surface area contributed by atoms with Crippen molar-refractivity contribution in [1.82, 2.24) is 10.2 Å². The zero-order valence-corrected chi connectivity index (χ0v) is 20.3. The van der Waals surface area contributed by atoms with Crippen molar-refractivity contribution in [1.29, 1.82) is 0 Å². The molecule has 1 unspecified atom stereocenters. The number of anilines is 4. The maximum Gasteiger partial charge on any atom is 0.335 e. The van der Waals surface area contributed by atoms with Crippen LogP contribution in [0.5, 0.6) is 5.75 Å². The molecule has 8 nitrogen and oxygen atoms in total. The Hall–Kier alpha value is -4.18. The van der Waals surface area contributed by atoms with E-state index in [4.69, 9.17) is 4.74 Å². The van der Waals surface area contributed by atoms with Gasteiger partial charge in [0.15, 0.2) is 17.4 Å². The first-order valence-corrected chi connectivity index (χ1v) is 11.1. The van der Waals surface area contributed by atoms with Gasteiger partial charge in [-0.05, 0) is 49.4 Å². The lowest BCUT2D eigenvalue weighted by Crippen LogP contribution is -2.43. The van der Waals surface area contributed by atoms with Gasteiger partial charge in [-0.1, -0.05) is 0 Å². The molecular weight excluding hydrogens is 470 g/mol. The average molecular weight is 497 g/mol. The molecule has 188 valence electrons. The Morgan fingerprint density at radius 2 is 1.75 bits per heavy atom. The second-order valence-electron chi connectivity index (χ2n) is 8.30. The Kier molecular flexibility index (Phi) is 7.07. The maximum atomic E-state index is 15.8. The molecule has 0 saturated carbocycles. The van der Waals surface area contributed by atoms with Gasteiger partial charge in [0.05, 0.1) is 24.6 Å². The lowest BCUT2D eigenvalue weighted by molar-refractivity contribution is 0.0697. The van der Waals surface area contributed by atoms with Crippen molar-refractivity contribution in [2.24, 2.45) is 0 Å². The van der Waals surface area contributed by atoms with Crippen LogP contribution >= 0.6 is 0 Å². The van der Waals surface area contributed by atoms with E-state index in [1.807, 2.05) is 22.8 Å². The van der Waals surface area contributed by atoms with E-state index in [2.05, 4.69) is 14.9 Å². The number of ether oxygens (including phenoxy) is 2. The highest BCUT2D eigenvalue weighted by Gasteiger charge is 2.34. The number of nitrogens with one attached hydrogen (secondary N) is 1. The van der Waals surface area contributed by atoms with Crippen LogP contribution < -0.4 is 14.5 Å². The van der Waals surface area contributed by atoms with Gasteiger partial charge in [-0.25, -0.2) is 13.6 Å². The number of methoxy groups -OCH3 is 2. The van der Waals surface area contributed by atoms with Gasteiger partial charge < -0.3 is 24.4 Å². The number of carbonyl (C=O) groups is 1. The molecule has 1 aromatic heterocycles. The SMILES string of the molecule is COC.COc1cc(N2c3cc4cn[nH]c4c(F)c3N(c3ccc(C(=O)O)cc3)CC2C)ccc1F. The summed E-state index contributed by atoms with van der Waals surface area (Å²) in [5, 5.41) is 16.5. The van der Waals surface area contributed by atoms with Crippen LogP contribution in [-0.2, 0) is 4.74 Å². The highest BCUT2D eigenvalue weighted by atomic mass is 19.1.